The summed E-state index contributed by atoms with van der Waals surface area (Å²) >= 11 is 0. The fraction of sp³-hybridized carbons (Fsp3) is 0.200. The first kappa shape index (κ1) is 11.4. The second-order valence-electron chi connectivity index (χ2n) is 4.63. The average molecular weight is 244 g/mol. The summed E-state index contributed by atoms with van der Waals surface area (Å²) in [5, 5.41) is 19.5. The number of aliphatic hydroxyl groups is 2. The standard InChI is InChI=1S/C15H13FO2/c16-10-5-6-14-12(7-10)11-3-1-2-4-13(11)15(14,8-17)9-18/h1-7,17-18H,8-9H2. The Morgan fingerprint density at radius 3 is 2.28 bits per heavy atom. The zero-order valence-corrected chi connectivity index (χ0v) is 9.73. The van der Waals surface area contributed by atoms with Crippen molar-refractivity contribution < 1.29 is 14.6 Å². The number of aliphatic hydroxyl groups excluding tert-OH is 2. The van der Waals surface area contributed by atoms with Crippen molar-refractivity contribution in [3.05, 3.63) is 59.4 Å². The van der Waals surface area contributed by atoms with E-state index >= 15 is 0 Å². The maximum Gasteiger partial charge on any atom is 0.123 e. The van der Waals surface area contributed by atoms with Crippen molar-refractivity contribution in [3.63, 3.8) is 0 Å². The highest BCUT2D eigenvalue weighted by Gasteiger charge is 2.42. The van der Waals surface area contributed by atoms with E-state index in [1.807, 2.05) is 24.3 Å². The van der Waals surface area contributed by atoms with Crippen LogP contribution in [0.3, 0.4) is 0 Å². The van der Waals surface area contributed by atoms with E-state index in [4.69, 9.17) is 0 Å². The molecule has 2 aromatic carbocycles. The second-order valence-corrected chi connectivity index (χ2v) is 4.63. The highest BCUT2D eigenvalue weighted by Crippen LogP contribution is 2.48. The van der Waals surface area contributed by atoms with Crippen LogP contribution in [0.2, 0.25) is 0 Å². The van der Waals surface area contributed by atoms with E-state index in [0.717, 1.165) is 22.3 Å². The van der Waals surface area contributed by atoms with Crippen molar-refractivity contribution in [1.29, 1.82) is 0 Å². The summed E-state index contributed by atoms with van der Waals surface area (Å²) < 4.78 is 13.4. The van der Waals surface area contributed by atoms with Gasteiger partial charge in [0.25, 0.3) is 0 Å². The summed E-state index contributed by atoms with van der Waals surface area (Å²) in [5.41, 5.74) is 2.47. The van der Waals surface area contributed by atoms with Crippen molar-refractivity contribution in [2.75, 3.05) is 13.2 Å². The van der Waals surface area contributed by atoms with Gasteiger partial charge in [-0.1, -0.05) is 30.3 Å². The fourth-order valence-electron chi connectivity index (χ4n) is 2.83. The van der Waals surface area contributed by atoms with Gasteiger partial charge in [-0.2, -0.15) is 0 Å². The van der Waals surface area contributed by atoms with E-state index in [1.54, 1.807) is 6.07 Å². The molecule has 0 unspecified atom stereocenters. The van der Waals surface area contributed by atoms with Crippen LogP contribution >= 0.6 is 0 Å². The van der Waals surface area contributed by atoms with Crippen molar-refractivity contribution in [3.8, 4) is 11.1 Å². The third kappa shape index (κ3) is 1.29. The molecular formula is C15H13FO2. The van der Waals surface area contributed by atoms with Crippen LogP contribution in [0.4, 0.5) is 4.39 Å². The van der Waals surface area contributed by atoms with Crippen LogP contribution < -0.4 is 0 Å². The summed E-state index contributed by atoms with van der Waals surface area (Å²) in [6.07, 6.45) is 0. The highest BCUT2D eigenvalue weighted by molar-refractivity contribution is 5.81. The van der Waals surface area contributed by atoms with E-state index < -0.39 is 5.41 Å². The Hall–Kier alpha value is -1.71. The molecule has 0 amide bonds. The Bertz CT molecular complexity index is 603. The van der Waals surface area contributed by atoms with E-state index in [1.165, 1.54) is 12.1 Å². The minimum atomic E-state index is -0.820. The van der Waals surface area contributed by atoms with Crippen LogP contribution in [0, 0.1) is 5.82 Å². The van der Waals surface area contributed by atoms with Crippen LogP contribution in [0.15, 0.2) is 42.5 Å². The topological polar surface area (TPSA) is 40.5 Å². The maximum atomic E-state index is 13.4. The summed E-state index contributed by atoms with van der Waals surface area (Å²) in [5.74, 6) is -0.310. The lowest BCUT2D eigenvalue weighted by atomic mass is 9.80. The molecule has 3 heteroatoms. The van der Waals surface area contributed by atoms with Gasteiger partial charge in [-0.3, -0.25) is 0 Å². The van der Waals surface area contributed by atoms with Gasteiger partial charge >= 0.3 is 0 Å². The molecule has 0 saturated carbocycles. The van der Waals surface area contributed by atoms with Gasteiger partial charge in [0.1, 0.15) is 5.82 Å². The normalized spacial score (nSPS) is 15.3. The number of rotatable bonds is 2. The molecule has 18 heavy (non-hydrogen) atoms. The molecule has 3 rings (SSSR count). The molecule has 0 saturated heterocycles. The molecule has 0 aromatic heterocycles. The van der Waals surface area contributed by atoms with Gasteiger partial charge < -0.3 is 10.2 Å². The molecule has 0 radical (unpaired) electrons. The van der Waals surface area contributed by atoms with Crippen molar-refractivity contribution >= 4 is 0 Å². The van der Waals surface area contributed by atoms with Crippen molar-refractivity contribution in [1.82, 2.24) is 0 Å². The number of halogens is 1. The van der Waals surface area contributed by atoms with Crippen molar-refractivity contribution in [2.24, 2.45) is 0 Å². The summed E-state index contributed by atoms with van der Waals surface area (Å²) in [7, 11) is 0. The maximum absolute atomic E-state index is 13.4. The first-order valence-corrected chi connectivity index (χ1v) is 5.84. The zero-order chi connectivity index (χ0) is 12.8. The van der Waals surface area contributed by atoms with Gasteiger partial charge in [0.2, 0.25) is 0 Å². The number of hydrogen-bond acceptors (Lipinski definition) is 2. The smallest absolute Gasteiger partial charge is 0.123 e. The van der Waals surface area contributed by atoms with Gasteiger partial charge in [0, 0.05) is 0 Å². The van der Waals surface area contributed by atoms with E-state index in [0.29, 0.717) is 0 Å². The van der Waals surface area contributed by atoms with Crippen LogP contribution in [-0.4, -0.2) is 23.4 Å². The summed E-state index contributed by atoms with van der Waals surface area (Å²) in [6.45, 7) is -0.391. The van der Waals surface area contributed by atoms with Crippen molar-refractivity contribution in [2.45, 2.75) is 5.41 Å². The lowest BCUT2D eigenvalue weighted by molar-refractivity contribution is 0.146. The highest BCUT2D eigenvalue weighted by atomic mass is 19.1. The predicted molar refractivity (Wildman–Crippen MR) is 66.8 cm³/mol. The lowest BCUT2D eigenvalue weighted by Crippen LogP contribution is -2.33. The SMILES string of the molecule is OCC1(CO)c2ccccc2-c2cc(F)ccc21. The molecule has 0 heterocycles. The third-order valence-electron chi connectivity index (χ3n) is 3.77. The molecule has 2 nitrogen and oxygen atoms in total. The Kier molecular flexibility index (Phi) is 2.47. The lowest BCUT2D eigenvalue weighted by Gasteiger charge is -2.27. The largest absolute Gasteiger partial charge is 0.395 e. The Morgan fingerprint density at radius 1 is 0.889 bits per heavy atom. The first-order valence-electron chi connectivity index (χ1n) is 5.84. The number of fused-ring (bicyclic) bond motifs is 3. The Labute approximate surface area is 104 Å². The third-order valence-corrected chi connectivity index (χ3v) is 3.77. The van der Waals surface area contributed by atoms with Gasteiger partial charge in [-0.05, 0) is 34.4 Å². The quantitative estimate of drug-likeness (QED) is 0.849. The molecule has 0 fully saturated rings. The predicted octanol–water partition coefficient (Wildman–Crippen LogP) is 2.08. The first-order chi connectivity index (χ1) is 8.73. The van der Waals surface area contributed by atoms with E-state index in [2.05, 4.69) is 0 Å². The van der Waals surface area contributed by atoms with Gasteiger partial charge in [0.05, 0.1) is 18.6 Å². The van der Waals surface area contributed by atoms with Gasteiger partial charge in [-0.15, -0.1) is 0 Å². The van der Waals surface area contributed by atoms with Gasteiger partial charge in [0.15, 0.2) is 0 Å². The molecule has 1 aliphatic carbocycles. The van der Waals surface area contributed by atoms with Gasteiger partial charge in [-0.25, -0.2) is 4.39 Å². The molecule has 1 aliphatic rings. The molecule has 2 N–H and O–H groups in total. The van der Waals surface area contributed by atoms with Crippen LogP contribution in [0.25, 0.3) is 11.1 Å². The van der Waals surface area contributed by atoms with Crippen LogP contribution in [0.5, 0.6) is 0 Å². The second kappa shape index (κ2) is 3.90. The minimum Gasteiger partial charge on any atom is -0.395 e. The number of hydrogen-bond donors (Lipinski definition) is 2. The number of benzene rings is 2. The molecule has 0 spiro atoms. The van der Waals surface area contributed by atoms with E-state index in [-0.39, 0.29) is 19.0 Å². The zero-order valence-electron chi connectivity index (χ0n) is 9.73. The molecule has 0 bridgehead atoms. The molecule has 0 atom stereocenters. The minimum absolute atomic E-state index is 0.195. The monoisotopic (exact) mass is 244 g/mol. The average Bonchev–Trinajstić information content (AvgIpc) is 2.69. The Morgan fingerprint density at radius 2 is 1.56 bits per heavy atom. The molecule has 92 valence electrons. The summed E-state index contributed by atoms with van der Waals surface area (Å²) in [6, 6.07) is 12.0. The van der Waals surface area contributed by atoms with Crippen LogP contribution in [-0.2, 0) is 5.41 Å². The molecule has 0 aliphatic heterocycles. The Balaban J connectivity index is 2.38. The van der Waals surface area contributed by atoms with Crippen LogP contribution in [0.1, 0.15) is 11.1 Å². The van der Waals surface area contributed by atoms with E-state index in [9.17, 15) is 14.6 Å². The summed E-state index contributed by atoms with van der Waals surface area (Å²) in [4.78, 5) is 0. The molecule has 2 aromatic rings. The molecular weight excluding hydrogens is 231 g/mol. The fourth-order valence-corrected chi connectivity index (χ4v) is 2.83.